The molecule has 6 heteroatoms. The van der Waals surface area contributed by atoms with Crippen LogP contribution in [0.5, 0.6) is 0 Å². The molecule has 0 saturated heterocycles. The van der Waals surface area contributed by atoms with E-state index in [1.54, 1.807) is 0 Å². The molecule has 0 spiro atoms. The van der Waals surface area contributed by atoms with Crippen LogP contribution in [-0.4, -0.2) is 32.8 Å². The van der Waals surface area contributed by atoms with Gasteiger partial charge < -0.3 is 10.4 Å². The van der Waals surface area contributed by atoms with Crippen molar-refractivity contribution < 1.29 is 9.90 Å². The van der Waals surface area contributed by atoms with E-state index in [0.29, 0.717) is 31.6 Å². The summed E-state index contributed by atoms with van der Waals surface area (Å²) >= 11 is 0. The van der Waals surface area contributed by atoms with Crippen LogP contribution in [0.3, 0.4) is 0 Å². The van der Waals surface area contributed by atoms with E-state index in [9.17, 15) is 4.79 Å². The molecule has 0 saturated carbocycles. The number of aromatic amines is 1. The van der Waals surface area contributed by atoms with Crippen LogP contribution >= 0.6 is 0 Å². The number of carbonyl (C=O) groups is 1. The third-order valence-electron chi connectivity index (χ3n) is 1.73. The molecule has 1 heterocycles. The highest BCUT2D eigenvalue weighted by molar-refractivity contribution is 5.75. The topological polar surface area (TPSA) is 90.9 Å². The maximum absolute atomic E-state index is 11.2. The quantitative estimate of drug-likeness (QED) is 0.541. The van der Waals surface area contributed by atoms with E-state index >= 15 is 0 Å². The lowest BCUT2D eigenvalue weighted by Gasteiger charge is -2.01. The van der Waals surface area contributed by atoms with Gasteiger partial charge in [0, 0.05) is 13.0 Å². The number of aromatic nitrogens is 3. The molecule has 14 heavy (non-hydrogen) atoms. The summed E-state index contributed by atoms with van der Waals surface area (Å²) < 4.78 is 0. The Kier molecular flexibility index (Phi) is 4.63. The van der Waals surface area contributed by atoms with Crippen LogP contribution in [-0.2, 0) is 11.3 Å². The lowest BCUT2D eigenvalue weighted by molar-refractivity contribution is -0.121. The second-order valence-corrected chi connectivity index (χ2v) is 2.89. The summed E-state index contributed by atoms with van der Waals surface area (Å²) in [5.41, 5.74) is 0. The Morgan fingerprint density at radius 1 is 1.57 bits per heavy atom. The molecule has 0 atom stereocenters. The maximum atomic E-state index is 11.2. The molecule has 1 aromatic rings. The predicted octanol–water partition coefficient (Wildman–Crippen LogP) is -0.417. The van der Waals surface area contributed by atoms with Crippen LogP contribution < -0.4 is 5.32 Å². The van der Waals surface area contributed by atoms with Crippen molar-refractivity contribution in [1.82, 2.24) is 20.5 Å². The van der Waals surface area contributed by atoms with Gasteiger partial charge in [0.25, 0.3) is 0 Å². The Morgan fingerprint density at radius 3 is 3.07 bits per heavy atom. The van der Waals surface area contributed by atoms with Crippen molar-refractivity contribution in [3.8, 4) is 0 Å². The lowest BCUT2D eigenvalue weighted by Crippen LogP contribution is -2.23. The molecule has 78 valence electrons. The second-order valence-electron chi connectivity index (χ2n) is 2.89. The fourth-order valence-corrected chi connectivity index (χ4v) is 0.984. The van der Waals surface area contributed by atoms with E-state index in [-0.39, 0.29) is 12.5 Å². The van der Waals surface area contributed by atoms with Crippen molar-refractivity contribution in [3.05, 3.63) is 12.2 Å². The second kappa shape index (κ2) is 6.09. The van der Waals surface area contributed by atoms with Crippen LogP contribution in [0.1, 0.15) is 25.1 Å². The van der Waals surface area contributed by atoms with Gasteiger partial charge in [0.15, 0.2) is 0 Å². The van der Waals surface area contributed by atoms with Crippen molar-refractivity contribution in [2.75, 3.05) is 6.61 Å². The number of unbranched alkanes of at least 4 members (excludes halogenated alkanes) is 1. The van der Waals surface area contributed by atoms with E-state index < -0.39 is 0 Å². The molecule has 0 aliphatic heterocycles. The molecule has 3 N–H and O–H groups in total. The summed E-state index contributed by atoms with van der Waals surface area (Å²) in [5, 5.41) is 17.5. The van der Waals surface area contributed by atoms with Crippen molar-refractivity contribution >= 4 is 5.91 Å². The monoisotopic (exact) mass is 198 g/mol. The number of rotatable bonds is 6. The smallest absolute Gasteiger partial charge is 0.220 e. The third kappa shape index (κ3) is 3.99. The molecule has 1 rings (SSSR count). The number of aliphatic hydroxyl groups excluding tert-OH is 1. The van der Waals surface area contributed by atoms with E-state index in [0.717, 1.165) is 0 Å². The van der Waals surface area contributed by atoms with Gasteiger partial charge in [0.1, 0.15) is 12.2 Å². The van der Waals surface area contributed by atoms with Crippen molar-refractivity contribution in [2.45, 2.75) is 25.8 Å². The first-order valence-electron chi connectivity index (χ1n) is 4.54. The summed E-state index contributed by atoms with van der Waals surface area (Å²) in [6.45, 7) is 0.507. The molecular weight excluding hydrogens is 184 g/mol. The Morgan fingerprint density at radius 2 is 2.43 bits per heavy atom. The highest BCUT2D eigenvalue weighted by atomic mass is 16.2. The minimum atomic E-state index is -0.0325. The fourth-order valence-electron chi connectivity index (χ4n) is 0.984. The highest BCUT2D eigenvalue weighted by Crippen LogP contribution is 1.94. The van der Waals surface area contributed by atoms with Gasteiger partial charge in [-0.1, -0.05) is 0 Å². The fraction of sp³-hybridized carbons (Fsp3) is 0.625. The Labute approximate surface area is 81.7 Å². The van der Waals surface area contributed by atoms with Crippen molar-refractivity contribution in [1.29, 1.82) is 0 Å². The minimum absolute atomic E-state index is 0.0325. The predicted molar refractivity (Wildman–Crippen MR) is 49.2 cm³/mol. The largest absolute Gasteiger partial charge is 0.396 e. The molecule has 0 radical (unpaired) electrons. The molecule has 0 aliphatic rings. The third-order valence-corrected chi connectivity index (χ3v) is 1.73. The van der Waals surface area contributed by atoms with Gasteiger partial charge in [-0.05, 0) is 12.8 Å². The van der Waals surface area contributed by atoms with Gasteiger partial charge in [-0.2, -0.15) is 5.10 Å². The number of H-pyrrole nitrogens is 1. The summed E-state index contributed by atoms with van der Waals surface area (Å²) in [5.74, 6) is 0.607. The zero-order valence-electron chi connectivity index (χ0n) is 7.86. The molecule has 6 nitrogen and oxygen atoms in total. The molecule has 0 aliphatic carbocycles. The van der Waals surface area contributed by atoms with Crippen LogP contribution in [0.25, 0.3) is 0 Å². The van der Waals surface area contributed by atoms with E-state index in [2.05, 4.69) is 20.5 Å². The normalized spacial score (nSPS) is 10.1. The van der Waals surface area contributed by atoms with Crippen molar-refractivity contribution in [3.63, 3.8) is 0 Å². The molecule has 1 amide bonds. The van der Waals surface area contributed by atoms with Gasteiger partial charge in [-0.15, -0.1) is 0 Å². The number of nitrogens with zero attached hydrogens (tertiary/aromatic N) is 2. The number of amides is 1. The van der Waals surface area contributed by atoms with E-state index in [1.807, 2.05) is 0 Å². The first kappa shape index (κ1) is 10.6. The van der Waals surface area contributed by atoms with Gasteiger partial charge in [-0.25, -0.2) is 4.98 Å². The Balaban J connectivity index is 2.09. The van der Waals surface area contributed by atoms with Gasteiger partial charge in [0.05, 0.1) is 6.54 Å². The highest BCUT2D eigenvalue weighted by Gasteiger charge is 2.01. The average molecular weight is 198 g/mol. The minimum Gasteiger partial charge on any atom is -0.396 e. The summed E-state index contributed by atoms with van der Waals surface area (Å²) in [6, 6.07) is 0. The molecular formula is C8H14N4O2. The molecule has 1 aromatic heterocycles. The van der Waals surface area contributed by atoms with Gasteiger partial charge in [0.2, 0.25) is 5.91 Å². The maximum Gasteiger partial charge on any atom is 0.220 e. The van der Waals surface area contributed by atoms with Crippen LogP contribution in [0.4, 0.5) is 0 Å². The first-order valence-corrected chi connectivity index (χ1v) is 4.54. The Hall–Kier alpha value is -1.43. The SMILES string of the molecule is O=C(CCCCO)NCc1ncn[nH]1. The number of nitrogens with one attached hydrogen (secondary N) is 2. The van der Waals surface area contributed by atoms with Crippen LogP contribution in [0.2, 0.25) is 0 Å². The number of hydrogen-bond acceptors (Lipinski definition) is 4. The number of aliphatic hydroxyl groups is 1. The van der Waals surface area contributed by atoms with E-state index in [1.165, 1.54) is 6.33 Å². The van der Waals surface area contributed by atoms with Crippen LogP contribution in [0.15, 0.2) is 6.33 Å². The van der Waals surface area contributed by atoms with Crippen LogP contribution in [0, 0.1) is 0 Å². The molecule has 0 aromatic carbocycles. The number of carbonyl (C=O) groups excluding carboxylic acids is 1. The summed E-state index contributed by atoms with van der Waals surface area (Å²) in [6.07, 6.45) is 3.20. The summed E-state index contributed by atoms with van der Waals surface area (Å²) in [4.78, 5) is 15.0. The number of hydrogen-bond donors (Lipinski definition) is 3. The van der Waals surface area contributed by atoms with E-state index in [4.69, 9.17) is 5.11 Å². The molecule has 0 fully saturated rings. The van der Waals surface area contributed by atoms with Gasteiger partial charge in [-0.3, -0.25) is 9.89 Å². The Bertz CT molecular complexity index is 260. The molecule has 0 unspecified atom stereocenters. The zero-order valence-corrected chi connectivity index (χ0v) is 7.86. The zero-order chi connectivity index (χ0) is 10.2. The lowest BCUT2D eigenvalue weighted by atomic mass is 10.2. The average Bonchev–Trinajstić information content (AvgIpc) is 2.68. The molecule has 0 bridgehead atoms. The van der Waals surface area contributed by atoms with Crippen molar-refractivity contribution in [2.24, 2.45) is 0 Å². The summed E-state index contributed by atoms with van der Waals surface area (Å²) in [7, 11) is 0. The first-order chi connectivity index (χ1) is 6.83. The standard InChI is InChI=1S/C8H14N4O2/c13-4-2-1-3-8(14)9-5-7-10-6-11-12-7/h6,13H,1-5H2,(H,9,14)(H,10,11,12). The van der Waals surface area contributed by atoms with Gasteiger partial charge >= 0.3 is 0 Å².